The second-order valence-electron chi connectivity index (χ2n) is 3.18. The summed E-state index contributed by atoms with van der Waals surface area (Å²) in [4.78, 5) is 0. The molecule has 4 nitrogen and oxygen atoms in total. The fraction of sp³-hybridized carbons (Fsp3) is 0.100. The van der Waals surface area contributed by atoms with Gasteiger partial charge < -0.3 is 15.0 Å². The van der Waals surface area contributed by atoms with Crippen LogP contribution in [0.2, 0.25) is 0 Å². The molecule has 17 heavy (non-hydrogen) atoms. The van der Waals surface area contributed by atoms with Crippen LogP contribution in [-0.2, 0) is 0 Å². The van der Waals surface area contributed by atoms with Crippen LogP contribution in [-0.4, -0.2) is 12.3 Å². The Hall–Kier alpha value is -2.18. The standard InChI is InChI=1S/C10H7F3N2O2/c1-16-10-8(12)4(2-5(11)9(10)13)6-3-7(14)15-17-6/h2-3H,1H3,(H2,14,15). The van der Waals surface area contributed by atoms with Gasteiger partial charge in [0, 0.05) is 6.07 Å². The molecule has 1 heterocycles. The van der Waals surface area contributed by atoms with Gasteiger partial charge in [-0.3, -0.25) is 0 Å². The van der Waals surface area contributed by atoms with Crippen molar-refractivity contribution in [2.24, 2.45) is 0 Å². The summed E-state index contributed by atoms with van der Waals surface area (Å²) in [6, 6.07) is 1.84. The zero-order chi connectivity index (χ0) is 12.6. The second-order valence-corrected chi connectivity index (χ2v) is 3.18. The molecular formula is C10H7F3N2O2. The maximum atomic E-state index is 13.7. The number of benzene rings is 1. The summed E-state index contributed by atoms with van der Waals surface area (Å²) < 4.78 is 49.2. The van der Waals surface area contributed by atoms with Crippen molar-refractivity contribution in [3.8, 4) is 17.1 Å². The number of hydrogen-bond acceptors (Lipinski definition) is 4. The van der Waals surface area contributed by atoms with Gasteiger partial charge in [-0.1, -0.05) is 5.16 Å². The molecule has 90 valence electrons. The number of rotatable bonds is 2. The van der Waals surface area contributed by atoms with Gasteiger partial charge in [-0.2, -0.15) is 4.39 Å². The van der Waals surface area contributed by atoms with Gasteiger partial charge in [-0.25, -0.2) is 8.78 Å². The topological polar surface area (TPSA) is 61.3 Å². The largest absolute Gasteiger partial charge is 0.491 e. The number of hydrogen-bond donors (Lipinski definition) is 1. The summed E-state index contributed by atoms with van der Waals surface area (Å²) in [5.74, 6) is -4.67. The van der Waals surface area contributed by atoms with E-state index in [9.17, 15) is 13.2 Å². The highest BCUT2D eigenvalue weighted by Crippen LogP contribution is 2.33. The van der Waals surface area contributed by atoms with Gasteiger partial charge in [-0.05, 0) is 6.07 Å². The molecular weight excluding hydrogens is 237 g/mol. The Bertz CT molecular complexity index is 569. The molecule has 2 rings (SSSR count). The lowest BCUT2D eigenvalue weighted by molar-refractivity contribution is 0.346. The molecule has 0 spiro atoms. The summed E-state index contributed by atoms with van der Waals surface area (Å²) in [7, 11) is 1.03. The lowest BCUT2D eigenvalue weighted by Gasteiger charge is -2.07. The summed E-state index contributed by atoms with van der Waals surface area (Å²) >= 11 is 0. The van der Waals surface area contributed by atoms with Crippen molar-refractivity contribution in [1.82, 2.24) is 5.16 Å². The molecule has 0 amide bonds. The van der Waals surface area contributed by atoms with Crippen LogP contribution in [0.1, 0.15) is 0 Å². The average molecular weight is 244 g/mol. The minimum absolute atomic E-state index is 0.00287. The Kier molecular flexibility index (Phi) is 2.66. The van der Waals surface area contributed by atoms with Crippen LogP contribution < -0.4 is 10.5 Å². The number of halogens is 3. The van der Waals surface area contributed by atoms with Gasteiger partial charge in [0.15, 0.2) is 29.0 Å². The van der Waals surface area contributed by atoms with Gasteiger partial charge in [0.25, 0.3) is 0 Å². The molecule has 0 saturated heterocycles. The Labute approximate surface area is 93.8 Å². The third-order valence-electron chi connectivity index (χ3n) is 2.11. The number of anilines is 1. The molecule has 2 aromatic rings. The zero-order valence-corrected chi connectivity index (χ0v) is 8.63. The van der Waals surface area contributed by atoms with Crippen LogP contribution in [0, 0.1) is 17.5 Å². The number of ether oxygens (including phenoxy) is 1. The van der Waals surface area contributed by atoms with Crippen molar-refractivity contribution >= 4 is 5.82 Å². The summed E-state index contributed by atoms with van der Waals surface area (Å²) in [6.45, 7) is 0. The summed E-state index contributed by atoms with van der Waals surface area (Å²) in [6.07, 6.45) is 0. The van der Waals surface area contributed by atoms with Crippen LogP contribution in [0.5, 0.6) is 5.75 Å². The SMILES string of the molecule is COc1c(F)c(F)cc(-c2cc(N)no2)c1F. The molecule has 0 fully saturated rings. The summed E-state index contributed by atoms with van der Waals surface area (Å²) in [5, 5.41) is 3.32. The predicted molar refractivity (Wildman–Crippen MR) is 52.8 cm³/mol. The Balaban J connectivity index is 2.67. The predicted octanol–water partition coefficient (Wildman–Crippen LogP) is 2.35. The maximum Gasteiger partial charge on any atom is 0.203 e. The first-order valence-corrected chi connectivity index (χ1v) is 4.48. The Morgan fingerprint density at radius 2 is 1.94 bits per heavy atom. The molecule has 2 N–H and O–H groups in total. The third-order valence-corrected chi connectivity index (χ3v) is 2.11. The van der Waals surface area contributed by atoms with Crippen LogP contribution >= 0.6 is 0 Å². The number of aromatic nitrogens is 1. The van der Waals surface area contributed by atoms with Crippen molar-refractivity contribution in [1.29, 1.82) is 0 Å². The van der Waals surface area contributed by atoms with Crippen LogP contribution in [0.15, 0.2) is 16.7 Å². The van der Waals surface area contributed by atoms with Gasteiger partial charge in [0.05, 0.1) is 12.7 Å². The molecule has 0 saturated carbocycles. The number of nitrogen functional groups attached to an aromatic ring is 1. The van der Waals surface area contributed by atoms with Crippen molar-refractivity contribution in [2.45, 2.75) is 0 Å². The molecule has 0 aliphatic rings. The van der Waals surface area contributed by atoms with Crippen molar-refractivity contribution in [3.63, 3.8) is 0 Å². The van der Waals surface area contributed by atoms with E-state index in [0.29, 0.717) is 6.07 Å². The van der Waals surface area contributed by atoms with E-state index in [0.717, 1.165) is 7.11 Å². The van der Waals surface area contributed by atoms with Crippen LogP contribution in [0.25, 0.3) is 11.3 Å². The van der Waals surface area contributed by atoms with E-state index in [1.54, 1.807) is 0 Å². The molecule has 0 atom stereocenters. The third kappa shape index (κ3) is 1.79. The van der Waals surface area contributed by atoms with Crippen LogP contribution in [0.3, 0.4) is 0 Å². The van der Waals surface area contributed by atoms with E-state index in [4.69, 9.17) is 5.73 Å². The Morgan fingerprint density at radius 3 is 2.47 bits per heavy atom. The number of nitrogens with zero attached hydrogens (tertiary/aromatic N) is 1. The van der Waals surface area contributed by atoms with E-state index >= 15 is 0 Å². The monoisotopic (exact) mass is 244 g/mol. The molecule has 0 aliphatic carbocycles. The van der Waals surface area contributed by atoms with Crippen molar-refractivity contribution < 1.29 is 22.4 Å². The zero-order valence-electron chi connectivity index (χ0n) is 8.63. The van der Waals surface area contributed by atoms with Gasteiger partial charge in [0.2, 0.25) is 5.82 Å². The first-order chi connectivity index (χ1) is 8.04. The first kappa shape index (κ1) is 11.3. The summed E-state index contributed by atoms with van der Waals surface area (Å²) in [5.41, 5.74) is 4.96. The van der Waals surface area contributed by atoms with Gasteiger partial charge >= 0.3 is 0 Å². The number of nitrogens with two attached hydrogens (primary N) is 1. The van der Waals surface area contributed by atoms with Gasteiger partial charge in [-0.15, -0.1) is 0 Å². The Morgan fingerprint density at radius 1 is 1.24 bits per heavy atom. The van der Waals surface area contributed by atoms with Crippen molar-refractivity contribution in [3.05, 3.63) is 29.6 Å². The molecule has 0 bridgehead atoms. The highest BCUT2D eigenvalue weighted by Gasteiger charge is 2.22. The van der Waals surface area contributed by atoms with Crippen molar-refractivity contribution in [2.75, 3.05) is 12.8 Å². The fourth-order valence-electron chi connectivity index (χ4n) is 1.35. The molecule has 1 aromatic carbocycles. The minimum Gasteiger partial charge on any atom is -0.491 e. The van der Waals surface area contributed by atoms with E-state index in [1.165, 1.54) is 6.07 Å². The first-order valence-electron chi connectivity index (χ1n) is 4.48. The fourth-order valence-corrected chi connectivity index (χ4v) is 1.35. The lowest BCUT2D eigenvalue weighted by Crippen LogP contribution is -1.98. The highest BCUT2D eigenvalue weighted by molar-refractivity contribution is 5.63. The normalized spacial score (nSPS) is 10.6. The van der Waals surface area contributed by atoms with Gasteiger partial charge in [0.1, 0.15) is 0 Å². The average Bonchev–Trinajstić information content (AvgIpc) is 2.71. The maximum absolute atomic E-state index is 13.7. The highest BCUT2D eigenvalue weighted by atomic mass is 19.2. The molecule has 7 heteroatoms. The number of methoxy groups -OCH3 is 1. The smallest absolute Gasteiger partial charge is 0.203 e. The molecule has 1 aromatic heterocycles. The molecule has 0 unspecified atom stereocenters. The minimum atomic E-state index is -1.40. The van der Waals surface area contributed by atoms with E-state index in [-0.39, 0.29) is 17.1 Å². The van der Waals surface area contributed by atoms with E-state index in [2.05, 4.69) is 14.4 Å². The lowest BCUT2D eigenvalue weighted by atomic mass is 10.1. The van der Waals surface area contributed by atoms with E-state index in [1.807, 2.05) is 0 Å². The second kappa shape index (κ2) is 4.00. The van der Waals surface area contributed by atoms with Crippen LogP contribution in [0.4, 0.5) is 19.0 Å². The van der Waals surface area contributed by atoms with E-state index < -0.39 is 23.2 Å². The molecule has 0 aliphatic heterocycles. The quantitative estimate of drug-likeness (QED) is 0.823. The molecule has 0 radical (unpaired) electrons.